The quantitative estimate of drug-likeness (QED) is 0.623. The number of ether oxygens (including phenoxy) is 1. The van der Waals surface area contributed by atoms with Gasteiger partial charge in [-0.1, -0.05) is 0 Å². The molecule has 0 radical (unpaired) electrons. The number of aliphatic hydroxyl groups is 1. The third-order valence-corrected chi connectivity index (χ3v) is 1.47. The number of hydrogen-bond acceptors (Lipinski definition) is 4. The smallest absolute Gasteiger partial charge is 0.306 e. The molecule has 0 aromatic rings. The van der Waals surface area contributed by atoms with Crippen LogP contribution in [0.4, 0.5) is 0 Å². The normalized spacial score (nSPS) is 13.9. The van der Waals surface area contributed by atoms with Crippen LogP contribution < -0.4 is 5.73 Å². The lowest BCUT2D eigenvalue weighted by Gasteiger charge is -2.20. The highest BCUT2D eigenvalue weighted by atomic mass is 16.6. The summed E-state index contributed by atoms with van der Waals surface area (Å²) >= 11 is 0. The first kappa shape index (κ1) is 12.4. The molecule has 0 aliphatic heterocycles. The number of nitrogens with two attached hydrogens (primary N) is 1. The van der Waals surface area contributed by atoms with Crippen LogP contribution in [-0.4, -0.2) is 29.8 Å². The van der Waals surface area contributed by atoms with Gasteiger partial charge in [0.1, 0.15) is 5.60 Å². The number of rotatable bonds is 4. The summed E-state index contributed by atoms with van der Waals surface area (Å²) in [6.45, 7) is 5.65. The van der Waals surface area contributed by atoms with E-state index < -0.39 is 5.60 Å². The highest BCUT2D eigenvalue weighted by Crippen LogP contribution is 2.10. The van der Waals surface area contributed by atoms with Crippen molar-refractivity contribution in [2.45, 2.75) is 32.8 Å². The summed E-state index contributed by atoms with van der Waals surface area (Å²) in [6.07, 6.45) is 0.185. The van der Waals surface area contributed by atoms with Crippen molar-refractivity contribution in [3.05, 3.63) is 0 Å². The van der Waals surface area contributed by atoms with Gasteiger partial charge in [0.2, 0.25) is 0 Å². The predicted octanol–water partition coefficient (Wildman–Crippen LogP) is 0.285. The molecule has 0 saturated carbocycles. The Labute approximate surface area is 79.1 Å². The Bertz CT molecular complexity index is 159. The highest BCUT2D eigenvalue weighted by Gasteiger charge is 2.19. The van der Waals surface area contributed by atoms with Crippen molar-refractivity contribution in [2.24, 2.45) is 11.7 Å². The molecule has 1 unspecified atom stereocenters. The molecule has 0 aromatic carbocycles. The molecule has 4 nitrogen and oxygen atoms in total. The van der Waals surface area contributed by atoms with E-state index in [0.29, 0.717) is 6.54 Å². The van der Waals surface area contributed by atoms with Crippen molar-refractivity contribution in [1.29, 1.82) is 0 Å². The molecule has 0 spiro atoms. The SMILES string of the molecule is CC(C)(C)OC(=O)CC(CN)CO. The average molecular weight is 189 g/mol. The molecule has 0 aliphatic carbocycles. The van der Waals surface area contributed by atoms with Gasteiger partial charge in [-0.3, -0.25) is 4.79 Å². The summed E-state index contributed by atoms with van der Waals surface area (Å²) in [7, 11) is 0. The van der Waals surface area contributed by atoms with Crippen molar-refractivity contribution < 1.29 is 14.6 Å². The summed E-state index contributed by atoms with van der Waals surface area (Å²) in [6, 6.07) is 0. The lowest BCUT2D eigenvalue weighted by atomic mass is 10.1. The maximum absolute atomic E-state index is 11.2. The van der Waals surface area contributed by atoms with E-state index in [1.807, 2.05) is 0 Å². The zero-order chi connectivity index (χ0) is 10.5. The van der Waals surface area contributed by atoms with Gasteiger partial charge < -0.3 is 15.6 Å². The Hall–Kier alpha value is -0.610. The maximum Gasteiger partial charge on any atom is 0.306 e. The van der Waals surface area contributed by atoms with E-state index in [1.54, 1.807) is 20.8 Å². The summed E-state index contributed by atoms with van der Waals surface area (Å²) in [4.78, 5) is 11.2. The number of aliphatic hydroxyl groups excluding tert-OH is 1. The summed E-state index contributed by atoms with van der Waals surface area (Å²) in [5.41, 5.74) is 4.86. The van der Waals surface area contributed by atoms with Crippen LogP contribution in [0.15, 0.2) is 0 Å². The molecule has 0 heterocycles. The third-order valence-electron chi connectivity index (χ3n) is 1.47. The Balaban J connectivity index is 3.86. The Morgan fingerprint density at radius 1 is 1.54 bits per heavy atom. The predicted molar refractivity (Wildman–Crippen MR) is 50.1 cm³/mol. The molecule has 4 heteroatoms. The Kier molecular flexibility index (Phi) is 4.95. The van der Waals surface area contributed by atoms with Gasteiger partial charge in [0.25, 0.3) is 0 Å². The van der Waals surface area contributed by atoms with E-state index >= 15 is 0 Å². The summed E-state index contributed by atoms with van der Waals surface area (Å²) in [5.74, 6) is -0.494. The van der Waals surface area contributed by atoms with Gasteiger partial charge in [0.05, 0.1) is 6.42 Å². The van der Waals surface area contributed by atoms with Gasteiger partial charge >= 0.3 is 5.97 Å². The first-order valence-corrected chi connectivity index (χ1v) is 4.42. The zero-order valence-electron chi connectivity index (χ0n) is 8.54. The number of esters is 1. The van der Waals surface area contributed by atoms with Crippen molar-refractivity contribution in [2.75, 3.05) is 13.2 Å². The van der Waals surface area contributed by atoms with Crippen LogP contribution in [0.2, 0.25) is 0 Å². The molecule has 13 heavy (non-hydrogen) atoms. The largest absolute Gasteiger partial charge is 0.460 e. The van der Waals surface area contributed by atoms with E-state index in [1.165, 1.54) is 0 Å². The summed E-state index contributed by atoms with van der Waals surface area (Å²) in [5, 5.41) is 8.79. The van der Waals surface area contributed by atoms with Crippen LogP contribution in [-0.2, 0) is 9.53 Å². The minimum Gasteiger partial charge on any atom is -0.460 e. The van der Waals surface area contributed by atoms with Crippen LogP contribution in [0.25, 0.3) is 0 Å². The molecule has 0 aliphatic rings. The monoisotopic (exact) mass is 189 g/mol. The minimum absolute atomic E-state index is 0.0737. The molecule has 0 bridgehead atoms. The van der Waals surface area contributed by atoms with Crippen molar-refractivity contribution >= 4 is 5.97 Å². The van der Waals surface area contributed by atoms with E-state index in [-0.39, 0.29) is 24.9 Å². The molecule has 0 aromatic heterocycles. The van der Waals surface area contributed by atoms with E-state index in [2.05, 4.69) is 0 Å². The molecule has 78 valence electrons. The molecule has 0 rings (SSSR count). The molecule has 3 N–H and O–H groups in total. The minimum atomic E-state index is -0.467. The van der Waals surface area contributed by atoms with Gasteiger partial charge in [0, 0.05) is 12.5 Å². The highest BCUT2D eigenvalue weighted by molar-refractivity contribution is 5.70. The number of carbonyl (C=O) groups is 1. The number of carbonyl (C=O) groups excluding carboxylic acids is 1. The average Bonchev–Trinajstić information content (AvgIpc) is 1.96. The number of hydrogen-bond donors (Lipinski definition) is 2. The van der Waals surface area contributed by atoms with Crippen LogP contribution in [0.5, 0.6) is 0 Å². The van der Waals surface area contributed by atoms with Crippen LogP contribution >= 0.6 is 0 Å². The topological polar surface area (TPSA) is 72.5 Å². The van der Waals surface area contributed by atoms with Crippen molar-refractivity contribution in [1.82, 2.24) is 0 Å². The Morgan fingerprint density at radius 3 is 2.38 bits per heavy atom. The van der Waals surface area contributed by atoms with Gasteiger partial charge in [-0.05, 0) is 27.3 Å². The lowest BCUT2D eigenvalue weighted by molar-refractivity contribution is -0.156. The second kappa shape index (κ2) is 5.19. The van der Waals surface area contributed by atoms with Gasteiger partial charge in [0.15, 0.2) is 0 Å². The Morgan fingerprint density at radius 2 is 2.08 bits per heavy atom. The second-order valence-electron chi connectivity index (χ2n) is 4.07. The standard InChI is InChI=1S/C9H19NO3/c1-9(2,3)13-8(12)4-7(5-10)6-11/h7,11H,4-6,10H2,1-3H3. The van der Waals surface area contributed by atoms with E-state index in [0.717, 1.165) is 0 Å². The fourth-order valence-electron chi connectivity index (χ4n) is 0.841. The lowest BCUT2D eigenvalue weighted by Crippen LogP contribution is -2.28. The fourth-order valence-corrected chi connectivity index (χ4v) is 0.841. The van der Waals surface area contributed by atoms with Crippen LogP contribution in [0, 0.1) is 5.92 Å². The van der Waals surface area contributed by atoms with Crippen molar-refractivity contribution in [3.8, 4) is 0 Å². The van der Waals surface area contributed by atoms with E-state index in [4.69, 9.17) is 15.6 Å². The fraction of sp³-hybridized carbons (Fsp3) is 0.889. The molecule has 1 atom stereocenters. The zero-order valence-corrected chi connectivity index (χ0v) is 8.54. The molecule has 0 fully saturated rings. The summed E-state index contributed by atoms with van der Waals surface area (Å²) < 4.78 is 5.07. The molecular weight excluding hydrogens is 170 g/mol. The second-order valence-corrected chi connectivity index (χ2v) is 4.07. The first-order valence-electron chi connectivity index (χ1n) is 4.42. The van der Waals surface area contributed by atoms with Gasteiger partial charge in [-0.2, -0.15) is 0 Å². The molecular formula is C9H19NO3. The molecule has 0 amide bonds. The maximum atomic E-state index is 11.2. The molecule has 0 saturated heterocycles. The van der Waals surface area contributed by atoms with Gasteiger partial charge in [-0.15, -0.1) is 0 Å². The first-order chi connectivity index (χ1) is 5.89. The van der Waals surface area contributed by atoms with Crippen LogP contribution in [0.1, 0.15) is 27.2 Å². The third kappa shape index (κ3) is 6.54. The van der Waals surface area contributed by atoms with E-state index in [9.17, 15) is 4.79 Å². The van der Waals surface area contributed by atoms with Crippen molar-refractivity contribution in [3.63, 3.8) is 0 Å². The van der Waals surface area contributed by atoms with Crippen LogP contribution in [0.3, 0.4) is 0 Å². The van der Waals surface area contributed by atoms with Gasteiger partial charge in [-0.25, -0.2) is 0 Å².